The molecule has 6 heteroatoms. The first-order chi connectivity index (χ1) is 8.65. The summed E-state index contributed by atoms with van der Waals surface area (Å²) in [4.78, 5) is 31.7. The van der Waals surface area contributed by atoms with Crippen LogP contribution in [0.2, 0.25) is 0 Å². The maximum Gasteiger partial charge on any atom is 0.227 e. The predicted octanol–water partition coefficient (Wildman–Crippen LogP) is 0.401. The van der Waals surface area contributed by atoms with Crippen LogP contribution in [-0.2, 0) is 9.59 Å². The molecule has 2 aromatic rings. The fourth-order valence-corrected chi connectivity index (χ4v) is 2.24. The van der Waals surface area contributed by atoms with Crippen molar-refractivity contribution in [2.75, 3.05) is 11.4 Å². The molecule has 6 nitrogen and oxygen atoms in total. The van der Waals surface area contributed by atoms with Gasteiger partial charge in [-0.3, -0.25) is 9.59 Å². The minimum atomic E-state index is -0.423. The summed E-state index contributed by atoms with van der Waals surface area (Å²) < 4.78 is 0. The second kappa shape index (κ2) is 3.83. The average molecular weight is 244 g/mol. The Morgan fingerprint density at radius 3 is 3.06 bits per heavy atom. The van der Waals surface area contributed by atoms with Gasteiger partial charge in [0, 0.05) is 18.7 Å². The lowest BCUT2D eigenvalue weighted by molar-refractivity contribution is -0.123. The number of primary amides is 1. The fraction of sp³-hybridized carbons (Fsp3) is 0.250. The van der Waals surface area contributed by atoms with E-state index in [-0.39, 0.29) is 12.3 Å². The summed E-state index contributed by atoms with van der Waals surface area (Å²) in [5, 5.41) is 0. The van der Waals surface area contributed by atoms with Crippen LogP contribution in [0.15, 0.2) is 24.5 Å². The second-order valence-electron chi connectivity index (χ2n) is 4.41. The van der Waals surface area contributed by atoms with Crippen molar-refractivity contribution in [2.45, 2.75) is 6.42 Å². The molecule has 1 saturated heterocycles. The SMILES string of the molecule is NC(=O)C1CC(=O)N(c2ccc3nc[nH]c3c2)C1. The van der Waals surface area contributed by atoms with Crippen molar-refractivity contribution in [3.63, 3.8) is 0 Å². The predicted molar refractivity (Wildman–Crippen MR) is 65.7 cm³/mol. The molecule has 0 spiro atoms. The Morgan fingerprint density at radius 1 is 1.50 bits per heavy atom. The van der Waals surface area contributed by atoms with Crippen LogP contribution in [0.1, 0.15) is 6.42 Å². The third kappa shape index (κ3) is 1.62. The molecule has 2 heterocycles. The van der Waals surface area contributed by atoms with E-state index in [0.717, 1.165) is 16.7 Å². The van der Waals surface area contributed by atoms with Crippen LogP contribution < -0.4 is 10.6 Å². The van der Waals surface area contributed by atoms with Crippen LogP contribution in [0.3, 0.4) is 0 Å². The number of rotatable bonds is 2. The van der Waals surface area contributed by atoms with E-state index in [2.05, 4.69) is 9.97 Å². The van der Waals surface area contributed by atoms with Gasteiger partial charge in [-0.15, -0.1) is 0 Å². The van der Waals surface area contributed by atoms with Gasteiger partial charge in [0.2, 0.25) is 11.8 Å². The molecule has 0 saturated carbocycles. The highest BCUT2D eigenvalue weighted by atomic mass is 16.2. The number of aromatic amines is 1. The van der Waals surface area contributed by atoms with E-state index >= 15 is 0 Å². The molecule has 1 unspecified atom stereocenters. The van der Waals surface area contributed by atoms with Crippen LogP contribution in [0, 0.1) is 5.92 Å². The van der Waals surface area contributed by atoms with Gasteiger partial charge in [0.15, 0.2) is 0 Å². The number of anilines is 1. The van der Waals surface area contributed by atoms with Crippen LogP contribution in [0.5, 0.6) is 0 Å². The Kier molecular flexibility index (Phi) is 2.29. The third-order valence-electron chi connectivity index (χ3n) is 3.24. The highest BCUT2D eigenvalue weighted by molar-refractivity contribution is 6.01. The number of hydrogen-bond donors (Lipinski definition) is 2. The van der Waals surface area contributed by atoms with Crippen molar-refractivity contribution in [3.05, 3.63) is 24.5 Å². The lowest BCUT2D eigenvalue weighted by Gasteiger charge is -2.16. The number of hydrogen-bond acceptors (Lipinski definition) is 3. The van der Waals surface area contributed by atoms with E-state index in [0.29, 0.717) is 6.54 Å². The molecule has 3 rings (SSSR count). The molecule has 0 radical (unpaired) electrons. The maximum atomic E-state index is 11.9. The minimum Gasteiger partial charge on any atom is -0.369 e. The summed E-state index contributed by atoms with van der Waals surface area (Å²) in [6.45, 7) is 0.355. The minimum absolute atomic E-state index is 0.0716. The third-order valence-corrected chi connectivity index (χ3v) is 3.24. The van der Waals surface area contributed by atoms with Gasteiger partial charge in [-0.1, -0.05) is 0 Å². The zero-order valence-electron chi connectivity index (χ0n) is 9.59. The average Bonchev–Trinajstić information content (AvgIpc) is 2.93. The summed E-state index contributed by atoms with van der Waals surface area (Å²) in [7, 11) is 0. The number of imidazole rings is 1. The number of fused-ring (bicyclic) bond motifs is 1. The largest absolute Gasteiger partial charge is 0.369 e. The Hall–Kier alpha value is -2.37. The molecule has 1 fully saturated rings. The zero-order valence-corrected chi connectivity index (χ0v) is 9.59. The monoisotopic (exact) mass is 244 g/mol. The van der Waals surface area contributed by atoms with E-state index < -0.39 is 11.8 Å². The fourth-order valence-electron chi connectivity index (χ4n) is 2.24. The number of carbonyl (C=O) groups excluding carboxylic acids is 2. The molecule has 1 atom stereocenters. The first-order valence-corrected chi connectivity index (χ1v) is 5.68. The van der Waals surface area contributed by atoms with Gasteiger partial charge in [-0.25, -0.2) is 4.98 Å². The van der Waals surface area contributed by atoms with Gasteiger partial charge in [-0.2, -0.15) is 0 Å². The molecule has 1 aliphatic heterocycles. The van der Waals surface area contributed by atoms with E-state index in [4.69, 9.17) is 5.73 Å². The van der Waals surface area contributed by atoms with Gasteiger partial charge in [0.25, 0.3) is 0 Å². The Morgan fingerprint density at radius 2 is 2.33 bits per heavy atom. The Balaban J connectivity index is 1.94. The van der Waals surface area contributed by atoms with Crippen molar-refractivity contribution < 1.29 is 9.59 Å². The van der Waals surface area contributed by atoms with Crippen molar-refractivity contribution in [3.8, 4) is 0 Å². The number of nitrogens with one attached hydrogen (secondary N) is 1. The summed E-state index contributed by atoms with van der Waals surface area (Å²) in [6.07, 6.45) is 1.79. The summed E-state index contributed by atoms with van der Waals surface area (Å²) in [5.41, 5.74) is 7.71. The highest BCUT2D eigenvalue weighted by Crippen LogP contribution is 2.26. The standard InChI is InChI=1S/C12H12N4O2/c13-12(18)7-3-11(17)16(5-7)8-1-2-9-10(4-8)15-6-14-9/h1-2,4,6-7H,3,5H2,(H2,13,18)(H,14,15). The van der Waals surface area contributed by atoms with E-state index in [9.17, 15) is 9.59 Å². The molecule has 1 aromatic heterocycles. The molecule has 92 valence electrons. The van der Waals surface area contributed by atoms with Crippen LogP contribution in [-0.4, -0.2) is 28.3 Å². The van der Waals surface area contributed by atoms with Gasteiger partial charge in [0.05, 0.1) is 23.3 Å². The van der Waals surface area contributed by atoms with Crippen LogP contribution >= 0.6 is 0 Å². The quantitative estimate of drug-likeness (QED) is 0.801. The molecule has 18 heavy (non-hydrogen) atoms. The molecular weight excluding hydrogens is 232 g/mol. The number of nitrogens with two attached hydrogens (primary N) is 1. The molecule has 1 aliphatic rings. The van der Waals surface area contributed by atoms with Crippen molar-refractivity contribution >= 4 is 28.5 Å². The summed E-state index contributed by atoms with van der Waals surface area (Å²) in [6, 6.07) is 5.51. The topological polar surface area (TPSA) is 92.1 Å². The lowest BCUT2D eigenvalue weighted by Crippen LogP contribution is -2.28. The van der Waals surface area contributed by atoms with E-state index in [1.54, 1.807) is 11.2 Å². The van der Waals surface area contributed by atoms with Crippen molar-refractivity contribution in [1.82, 2.24) is 9.97 Å². The van der Waals surface area contributed by atoms with Gasteiger partial charge < -0.3 is 15.6 Å². The zero-order chi connectivity index (χ0) is 12.7. The molecule has 1 aromatic carbocycles. The first-order valence-electron chi connectivity index (χ1n) is 5.68. The van der Waals surface area contributed by atoms with Crippen LogP contribution in [0.4, 0.5) is 5.69 Å². The van der Waals surface area contributed by atoms with Crippen molar-refractivity contribution in [2.24, 2.45) is 11.7 Å². The summed E-state index contributed by atoms with van der Waals surface area (Å²) >= 11 is 0. The molecule has 0 aliphatic carbocycles. The van der Waals surface area contributed by atoms with Crippen LogP contribution in [0.25, 0.3) is 11.0 Å². The molecule has 0 bridgehead atoms. The van der Waals surface area contributed by atoms with Gasteiger partial charge >= 0.3 is 0 Å². The number of carbonyl (C=O) groups is 2. The number of amides is 2. The Labute approximate surface area is 103 Å². The summed E-state index contributed by atoms with van der Waals surface area (Å²) in [5.74, 6) is -0.888. The highest BCUT2D eigenvalue weighted by Gasteiger charge is 2.33. The van der Waals surface area contributed by atoms with Crippen molar-refractivity contribution in [1.29, 1.82) is 0 Å². The van der Waals surface area contributed by atoms with E-state index in [1.165, 1.54) is 0 Å². The number of nitrogens with zero attached hydrogens (tertiary/aromatic N) is 2. The lowest BCUT2D eigenvalue weighted by atomic mass is 10.1. The second-order valence-corrected chi connectivity index (χ2v) is 4.41. The number of aromatic nitrogens is 2. The van der Waals surface area contributed by atoms with Gasteiger partial charge in [0.1, 0.15) is 0 Å². The molecule has 3 N–H and O–H groups in total. The smallest absolute Gasteiger partial charge is 0.227 e. The number of H-pyrrole nitrogens is 1. The Bertz CT molecular complexity index is 634. The first kappa shape index (κ1) is 10.8. The number of benzene rings is 1. The van der Waals surface area contributed by atoms with E-state index in [1.807, 2.05) is 18.2 Å². The molecule has 2 amide bonds. The maximum absolute atomic E-state index is 11.9. The molecular formula is C12H12N4O2. The van der Waals surface area contributed by atoms with Gasteiger partial charge in [-0.05, 0) is 18.2 Å². The normalized spacial score (nSPS) is 19.7.